The Balaban J connectivity index is 0.780. The fourth-order valence-corrected chi connectivity index (χ4v) is 18.7. The number of hydrogen-bond acceptors (Lipinski definition) is 4. The fourth-order valence-electron chi connectivity index (χ4n) is 18.7. The summed E-state index contributed by atoms with van der Waals surface area (Å²) in [6.07, 6.45) is 3.40. The highest BCUT2D eigenvalue weighted by Crippen LogP contribution is 2.66. The molecule has 14 heteroatoms. The van der Waals surface area contributed by atoms with Gasteiger partial charge in [0.25, 0.3) is 0 Å². The number of hydrogen-bond donors (Lipinski definition) is 0. The third-order valence-corrected chi connectivity index (χ3v) is 23.6. The predicted molar refractivity (Wildman–Crippen MR) is 440 cm³/mol. The van der Waals surface area contributed by atoms with Crippen molar-refractivity contribution in [3.63, 3.8) is 0 Å². The van der Waals surface area contributed by atoms with Crippen LogP contribution < -0.4 is 19.3 Å². The molecule has 0 saturated carbocycles. The lowest BCUT2D eigenvalue weighted by molar-refractivity contribution is 0.416. The highest BCUT2D eigenvalue weighted by molar-refractivity contribution is 5.99. The van der Waals surface area contributed by atoms with E-state index in [9.17, 15) is 0 Å². The second-order valence-electron chi connectivity index (χ2n) is 29.5. The van der Waals surface area contributed by atoms with E-state index in [0.29, 0.717) is 114 Å². The lowest BCUT2D eigenvalue weighted by Crippen LogP contribution is -2.32. The largest absolute Gasteiger partial charge is 0.457 e. The van der Waals surface area contributed by atoms with Crippen LogP contribution in [0.15, 0.2) is 341 Å². The maximum Gasteiger partial charge on any atom is 0.194 e. The molecule has 4 nitrogen and oxygen atoms in total. The summed E-state index contributed by atoms with van der Waals surface area (Å²) in [6, 6.07) is 93.8. The summed E-state index contributed by atoms with van der Waals surface area (Å²) < 4.78 is 178. The molecule has 0 amide bonds. The van der Waals surface area contributed by atoms with Crippen molar-refractivity contribution in [2.45, 2.75) is 16.2 Å². The van der Waals surface area contributed by atoms with Crippen LogP contribution in [0.2, 0.25) is 0 Å². The molecule has 4 aliphatic rings. The number of anilines is 6. The van der Waals surface area contributed by atoms with E-state index in [4.69, 9.17) is 9.47 Å². The Labute approximate surface area is 666 Å². The van der Waals surface area contributed by atoms with Gasteiger partial charge in [-0.2, -0.15) is 0 Å². The minimum atomic E-state index is -2.03. The van der Waals surface area contributed by atoms with Crippen LogP contribution in [-0.2, 0) is 16.2 Å². The average molecular weight is 1550 g/mol. The summed E-state index contributed by atoms with van der Waals surface area (Å²) in [5.74, 6) is -12.6. The quantitative estimate of drug-likeness (QED) is 0.0547. The van der Waals surface area contributed by atoms with E-state index in [1.165, 1.54) is 24.3 Å². The van der Waals surface area contributed by atoms with Crippen LogP contribution in [0.25, 0.3) is 56.7 Å². The Morgan fingerprint density at radius 2 is 0.487 bits per heavy atom. The topological polar surface area (TPSA) is 24.9 Å². The number of benzene rings is 16. The van der Waals surface area contributed by atoms with Crippen LogP contribution >= 0.6 is 0 Å². The molecule has 0 aromatic heterocycles. The molecule has 0 bridgehead atoms. The van der Waals surface area contributed by atoms with Gasteiger partial charge in [-0.1, -0.05) is 195 Å². The lowest BCUT2D eigenvalue weighted by atomic mass is 9.67. The molecule has 0 saturated heterocycles. The summed E-state index contributed by atoms with van der Waals surface area (Å²) in [5.41, 5.74) is 8.96. The first kappa shape index (κ1) is 71.5. The first-order valence-corrected chi connectivity index (χ1v) is 37.8. The number of fused-ring (bicyclic) bond motifs is 16. The van der Waals surface area contributed by atoms with Crippen LogP contribution in [0.4, 0.5) is 78.0 Å². The first-order valence-electron chi connectivity index (χ1n) is 37.8. The van der Waals surface area contributed by atoms with E-state index in [-0.39, 0.29) is 11.1 Å². The van der Waals surface area contributed by atoms with Gasteiger partial charge in [-0.15, -0.1) is 0 Å². The second-order valence-corrected chi connectivity index (χ2v) is 29.5. The first-order chi connectivity index (χ1) is 57.0. The molecule has 564 valence electrons. The molecular formula is C103H60F10N2O2. The van der Waals surface area contributed by atoms with Crippen molar-refractivity contribution < 1.29 is 53.4 Å². The summed E-state index contributed by atoms with van der Waals surface area (Å²) in [7, 11) is 0. The molecule has 4 aliphatic carbocycles. The van der Waals surface area contributed by atoms with Crippen molar-refractivity contribution in [2.24, 2.45) is 0 Å². The third-order valence-electron chi connectivity index (χ3n) is 23.6. The summed E-state index contributed by atoms with van der Waals surface area (Å²) in [6.45, 7) is 7.69. The van der Waals surface area contributed by atoms with Gasteiger partial charge in [-0.05, 0) is 257 Å². The van der Waals surface area contributed by atoms with Gasteiger partial charge in [-0.3, -0.25) is 0 Å². The van der Waals surface area contributed by atoms with Crippen molar-refractivity contribution in [1.82, 2.24) is 0 Å². The standard InChI is InChI=1S/C103H60F10N2O2/c1-3-59-21-41-71(42-22-59)116-73-45-25-61(26-46-73)101(95-91(106)57-93(108)97(110)99(95)112)83-17-9-5-13-75(83)79-49-37-67(53-87(79)101)114(65-33-29-63(104)30-34-65)69-39-51-81-77-15-7-11-19-85(77)103(89(81)55-69)86-20-12-8-16-78(86)82-52-40-70(56-90(82)103)115(66-35-31-64(105)32-36-66)68-38-50-80-76-14-6-10-18-84(76)102(88(80)54-68,96-92(107)58-94(109)98(111)100(96)113)62-27-47-74(48-28-62)117-72-43-23-60(4-2)24-44-72/h3-58H,1-2H2. The van der Waals surface area contributed by atoms with E-state index in [2.05, 4.69) is 49.6 Å². The maximum absolute atomic E-state index is 17.6. The minimum absolute atomic E-state index is 0.285. The van der Waals surface area contributed by atoms with E-state index < -0.39 is 85.5 Å². The molecule has 0 radical (unpaired) electrons. The molecule has 16 aromatic rings. The fraction of sp³-hybridized carbons (Fsp3) is 0.0291. The van der Waals surface area contributed by atoms with Crippen molar-refractivity contribution >= 4 is 46.3 Å². The maximum atomic E-state index is 17.6. The Hall–Kier alpha value is -14.5. The smallest absolute Gasteiger partial charge is 0.194 e. The van der Waals surface area contributed by atoms with Gasteiger partial charge in [0.1, 0.15) is 46.3 Å². The number of nitrogens with zero attached hydrogens (tertiary/aromatic N) is 2. The van der Waals surface area contributed by atoms with Crippen LogP contribution in [-0.4, -0.2) is 0 Å². The molecule has 0 fully saturated rings. The van der Waals surface area contributed by atoms with Crippen molar-refractivity contribution in [3.05, 3.63) is 477 Å². The molecule has 20 rings (SSSR count). The van der Waals surface area contributed by atoms with Gasteiger partial charge >= 0.3 is 0 Å². The zero-order chi connectivity index (χ0) is 79.9. The van der Waals surface area contributed by atoms with Gasteiger partial charge in [0.2, 0.25) is 0 Å². The minimum Gasteiger partial charge on any atom is -0.457 e. The Morgan fingerprint density at radius 3 is 0.786 bits per heavy atom. The van der Waals surface area contributed by atoms with Crippen LogP contribution in [0.3, 0.4) is 0 Å². The number of rotatable bonds is 16. The number of ether oxygens (including phenoxy) is 2. The molecule has 2 atom stereocenters. The van der Waals surface area contributed by atoms with Crippen molar-refractivity contribution in [2.75, 3.05) is 9.80 Å². The van der Waals surface area contributed by atoms with E-state index in [1.807, 2.05) is 119 Å². The Morgan fingerprint density at radius 1 is 0.231 bits per heavy atom. The molecule has 16 aromatic carbocycles. The predicted octanol–water partition coefficient (Wildman–Crippen LogP) is 28.0. The zero-order valence-corrected chi connectivity index (χ0v) is 61.7. The summed E-state index contributed by atoms with van der Waals surface area (Å²) >= 11 is 0. The lowest BCUT2D eigenvalue weighted by Gasteiger charge is -2.36. The van der Waals surface area contributed by atoms with Gasteiger partial charge in [-0.25, -0.2) is 43.9 Å². The summed E-state index contributed by atoms with van der Waals surface area (Å²) in [5, 5.41) is 0. The second kappa shape index (κ2) is 27.4. The van der Waals surface area contributed by atoms with E-state index in [1.54, 1.807) is 158 Å². The van der Waals surface area contributed by atoms with Crippen LogP contribution in [0, 0.1) is 58.2 Å². The molecule has 0 N–H and O–H groups in total. The highest BCUT2D eigenvalue weighted by Gasteiger charge is 2.55. The number of halogens is 10. The molecular weight excluding hydrogens is 1490 g/mol. The van der Waals surface area contributed by atoms with E-state index in [0.717, 1.165) is 55.6 Å². The average Bonchev–Trinajstić information content (AvgIpc) is 1.50. The summed E-state index contributed by atoms with van der Waals surface area (Å²) in [4.78, 5) is 3.84. The van der Waals surface area contributed by atoms with Gasteiger partial charge < -0.3 is 19.3 Å². The SMILES string of the molecule is C=Cc1ccc(Oc2ccc(C3(c4c(F)cc(F)c(F)c4F)c4ccccc4-c4ccc(N(c5ccc(F)cc5)c5ccc6c(c5)C5(c7ccccc7-6)c6ccccc6-c6ccc(N(c7ccc(F)cc7)c7ccc8c(c7)C(c7ccc(Oc9ccc(C=C)cc9)cc7)(c7c(F)cc(F)c(F)c7F)c7ccccc7-8)cc65)cc43)cc2)cc1. The van der Waals surface area contributed by atoms with Gasteiger partial charge in [0.15, 0.2) is 34.9 Å². The van der Waals surface area contributed by atoms with Crippen molar-refractivity contribution in [3.8, 4) is 67.5 Å². The highest BCUT2D eigenvalue weighted by atomic mass is 19.2. The molecule has 0 heterocycles. The van der Waals surface area contributed by atoms with E-state index >= 15 is 43.9 Å². The zero-order valence-electron chi connectivity index (χ0n) is 61.7. The van der Waals surface area contributed by atoms with Gasteiger partial charge in [0.05, 0.1) is 16.2 Å². The van der Waals surface area contributed by atoms with Crippen LogP contribution in [0.1, 0.15) is 77.9 Å². The molecule has 2 unspecified atom stereocenters. The van der Waals surface area contributed by atoms with Crippen molar-refractivity contribution in [1.29, 1.82) is 0 Å². The Bertz CT molecular complexity index is 6400. The Kier molecular flexibility index (Phi) is 16.7. The van der Waals surface area contributed by atoms with Gasteiger partial charge in [0, 0.05) is 57.4 Å². The molecule has 1 spiro atoms. The van der Waals surface area contributed by atoms with Crippen LogP contribution in [0.5, 0.6) is 23.0 Å². The molecule has 117 heavy (non-hydrogen) atoms. The normalized spacial score (nSPS) is 15.9. The molecule has 0 aliphatic heterocycles. The third kappa shape index (κ3) is 10.8. The monoisotopic (exact) mass is 1550 g/mol.